The smallest absolute Gasteiger partial charge is 0.309 e. The number of rotatable bonds is 2. The van der Waals surface area contributed by atoms with E-state index in [9.17, 15) is 4.79 Å². The lowest BCUT2D eigenvalue weighted by atomic mass is 10.3. The number of aromatic nitrogens is 3. The van der Waals surface area contributed by atoms with E-state index >= 15 is 0 Å². The van der Waals surface area contributed by atoms with Gasteiger partial charge in [0.2, 0.25) is 0 Å². The third kappa shape index (κ3) is 1.44. The van der Waals surface area contributed by atoms with Gasteiger partial charge in [-0.2, -0.15) is 0 Å². The Morgan fingerprint density at radius 2 is 2.43 bits per heavy atom. The molecule has 0 aromatic carbocycles. The van der Waals surface area contributed by atoms with E-state index in [2.05, 4.69) is 9.97 Å². The van der Waals surface area contributed by atoms with Crippen LogP contribution in [0.4, 0.5) is 0 Å². The first-order chi connectivity index (χ1) is 6.66. The van der Waals surface area contributed by atoms with Crippen LogP contribution in [0.15, 0.2) is 18.6 Å². The Balaban J connectivity index is 2.58. The number of aliphatic carboxylic acids is 1. The summed E-state index contributed by atoms with van der Waals surface area (Å²) in [5, 5.41) is 8.66. The summed E-state index contributed by atoms with van der Waals surface area (Å²) in [5.74, 6) is -0.897. The van der Waals surface area contributed by atoms with Crippen molar-refractivity contribution in [3.05, 3.63) is 30.0 Å². The molecule has 0 fully saturated rings. The summed E-state index contributed by atoms with van der Waals surface area (Å²) >= 11 is 0. The Morgan fingerprint density at radius 3 is 3.14 bits per heavy atom. The topological polar surface area (TPSA) is 67.5 Å². The van der Waals surface area contributed by atoms with Crippen molar-refractivity contribution in [2.24, 2.45) is 0 Å². The minimum atomic E-state index is -0.897. The summed E-state index contributed by atoms with van der Waals surface area (Å²) in [4.78, 5) is 18.7. The van der Waals surface area contributed by atoms with Crippen molar-refractivity contribution in [2.45, 2.75) is 13.3 Å². The number of carbonyl (C=O) groups is 1. The van der Waals surface area contributed by atoms with Crippen molar-refractivity contribution >= 4 is 11.6 Å². The number of fused-ring (bicyclic) bond motifs is 1. The molecule has 1 N–H and O–H groups in total. The Morgan fingerprint density at radius 1 is 1.64 bits per heavy atom. The zero-order valence-corrected chi connectivity index (χ0v) is 7.64. The molecule has 0 saturated heterocycles. The van der Waals surface area contributed by atoms with Crippen LogP contribution in [-0.2, 0) is 11.2 Å². The Hall–Kier alpha value is -1.91. The molecule has 5 heteroatoms. The van der Waals surface area contributed by atoms with Crippen LogP contribution in [0.5, 0.6) is 0 Å². The Labute approximate surface area is 80.0 Å². The van der Waals surface area contributed by atoms with Crippen LogP contribution in [0.1, 0.15) is 11.4 Å². The van der Waals surface area contributed by atoms with Crippen LogP contribution in [-0.4, -0.2) is 25.4 Å². The molecular formula is C9H9N3O2. The molecule has 0 bridgehead atoms. The van der Waals surface area contributed by atoms with E-state index in [0.29, 0.717) is 11.3 Å². The van der Waals surface area contributed by atoms with Gasteiger partial charge < -0.3 is 9.51 Å². The summed E-state index contributed by atoms with van der Waals surface area (Å²) in [6, 6.07) is 0. The average molecular weight is 191 g/mol. The fourth-order valence-corrected chi connectivity index (χ4v) is 1.36. The molecule has 2 aromatic rings. The number of imidazole rings is 1. The van der Waals surface area contributed by atoms with Crippen molar-refractivity contribution in [3.63, 3.8) is 0 Å². The SMILES string of the molecule is Cc1cn2ccnc(CC(=O)O)c2n1. The minimum Gasteiger partial charge on any atom is -0.481 e. The van der Waals surface area contributed by atoms with Gasteiger partial charge in [0.25, 0.3) is 0 Å². The Bertz CT molecular complexity index is 490. The maximum atomic E-state index is 10.5. The Kier molecular flexibility index (Phi) is 1.92. The van der Waals surface area contributed by atoms with E-state index in [-0.39, 0.29) is 6.42 Å². The lowest BCUT2D eigenvalue weighted by Gasteiger charge is -1.97. The maximum absolute atomic E-state index is 10.5. The highest BCUT2D eigenvalue weighted by Crippen LogP contribution is 2.08. The first kappa shape index (κ1) is 8.68. The molecule has 2 rings (SSSR count). The largest absolute Gasteiger partial charge is 0.481 e. The van der Waals surface area contributed by atoms with Gasteiger partial charge >= 0.3 is 5.97 Å². The summed E-state index contributed by atoms with van der Waals surface area (Å²) in [7, 11) is 0. The average Bonchev–Trinajstić information content (AvgIpc) is 2.45. The van der Waals surface area contributed by atoms with E-state index in [4.69, 9.17) is 5.11 Å². The molecule has 0 aliphatic rings. The third-order valence-corrected chi connectivity index (χ3v) is 1.89. The van der Waals surface area contributed by atoms with E-state index < -0.39 is 5.97 Å². The standard InChI is InChI=1S/C9H9N3O2/c1-6-5-12-3-2-10-7(4-8(13)14)9(12)11-6/h2-3,5H,4H2,1H3,(H,13,14). The first-order valence-corrected chi connectivity index (χ1v) is 4.18. The fraction of sp³-hybridized carbons (Fsp3) is 0.222. The van der Waals surface area contributed by atoms with Crippen LogP contribution in [0.2, 0.25) is 0 Å². The molecular weight excluding hydrogens is 182 g/mol. The van der Waals surface area contributed by atoms with Crippen LogP contribution < -0.4 is 0 Å². The molecule has 0 spiro atoms. The fourth-order valence-electron chi connectivity index (χ4n) is 1.36. The molecule has 0 amide bonds. The summed E-state index contributed by atoms with van der Waals surface area (Å²) in [6.07, 6.45) is 5.07. The predicted molar refractivity (Wildman–Crippen MR) is 49.1 cm³/mol. The predicted octanol–water partition coefficient (Wildman–Crippen LogP) is 0.665. The highest BCUT2D eigenvalue weighted by molar-refractivity contribution is 5.72. The van der Waals surface area contributed by atoms with E-state index in [1.807, 2.05) is 13.1 Å². The van der Waals surface area contributed by atoms with Crippen LogP contribution >= 0.6 is 0 Å². The second-order valence-corrected chi connectivity index (χ2v) is 3.06. The van der Waals surface area contributed by atoms with E-state index in [1.165, 1.54) is 0 Å². The van der Waals surface area contributed by atoms with Gasteiger partial charge in [0, 0.05) is 18.6 Å². The lowest BCUT2D eigenvalue weighted by Crippen LogP contribution is -2.04. The van der Waals surface area contributed by atoms with Crippen molar-refractivity contribution in [1.29, 1.82) is 0 Å². The van der Waals surface area contributed by atoms with Crippen molar-refractivity contribution in [2.75, 3.05) is 0 Å². The molecule has 0 atom stereocenters. The third-order valence-electron chi connectivity index (χ3n) is 1.89. The van der Waals surface area contributed by atoms with E-state index in [1.54, 1.807) is 16.8 Å². The molecule has 0 unspecified atom stereocenters. The highest BCUT2D eigenvalue weighted by atomic mass is 16.4. The zero-order valence-electron chi connectivity index (χ0n) is 7.64. The molecule has 0 saturated carbocycles. The number of hydrogen-bond acceptors (Lipinski definition) is 3. The van der Waals surface area contributed by atoms with Crippen LogP contribution in [0.3, 0.4) is 0 Å². The maximum Gasteiger partial charge on any atom is 0.309 e. The second-order valence-electron chi connectivity index (χ2n) is 3.06. The van der Waals surface area contributed by atoms with Gasteiger partial charge in [-0.05, 0) is 6.92 Å². The normalized spacial score (nSPS) is 10.6. The van der Waals surface area contributed by atoms with Crippen LogP contribution in [0, 0.1) is 6.92 Å². The zero-order chi connectivity index (χ0) is 10.1. The second kappa shape index (κ2) is 3.10. The number of nitrogens with zero attached hydrogens (tertiary/aromatic N) is 3. The first-order valence-electron chi connectivity index (χ1n) is 4.18. The monoisotopic (exact) mass is 191 g/mol. The number of carboxylic acids is 1. The quantitative estimate of drug-likeness (QED) is 0.757. The van der Waals surface area contributed by atoms with Gasteiger partial charge in [-0.1, -0.05) is 0 Å². The van der Waals surface area contributed by atoms with Crippen molar-refractivity contribution in [3.8, 4) is 0 Å². The summed E-state index contributed by atoms with van der Waals surface area (Å²) in [6.45, 7) is 1.86. The van der Waals surface area contributed by atoms with Crippen molar-refractivity contribution < 1.29 is 9.90 Å². The number of aryl methyl sites for hydroxylation is 1. The van der Waals surface area contributed by atoms with Gasteiger partial charge in [-0.3, -0.25) is 9.78 Å². The van der Waals surface area contributed by atoms with Crippen LogP contribution in [0.25, 0.3) is 5.65 Å². The highest BCUT2D eigenvalue weighted by Gasteiger charge is 2.08. The molecule has 0 aliphatic heterocycles. The van der Waals surface area contributed by atoms with Gasteiger partial charge in [0.1, 0.15) is 0 Å². The summed E-state index contributed by atoms with van der Waals surface area (Å²) in [5.41, 5.74) is 1.96. The van der Waals surface area contributed by atoms with Gasteiger partial charge in [0.05, 0.1) is 17.8 Å². The molecule has 14 heavy (non-hydrogen) atoms. The molecule has 0 aliphatic carbocycles. The van der Waals surface area contributed by atoms with Crippen molar-refractivity contribution in [1.82, 2.24) is 14.4 Å². The number of hydrogen-bond donors (Lipinski definition) is 1. The minimum absolute atomic E-state index is 0.0964. The lowest BCUT2D eigenvalue weighted by molar-refractivity contribution is -0.136. The molecule has 2 aromatic heterocycles. The molecule has 72 valence electrons. The molecule has 2 heterocycles. The van der Waals surface area contributed by atoms with Gasteiger partial charge in [0.15, 0.2) is 5.65 Å². The van der Waals surface area contributed by atoms with E-state index in [0.717, 1.165) is 5.69 Å². The van der Waals surface area contributed by atoms with Gasteiger partial charge in [-0.15, -0.1) is 0 Å². The number of carboxylic acid groups (broad SMARTS) is 1. The molecule has 5 nitrogen and oxygen atoms in total. The summed E-state index contributed by atoms with van der Waals surface area (Å²) < 4.78 is 1.78. The van der Waals surface area contributed by atoms with Gasteiger partial charge in [-0.25, -0.2) is 4.98 Å². The molecule has 0 radical (unpaired) electrons.